The van der Waals surface area contributed by atoms with Crippen molar-refractivity contribution < 1.29 is 9.53 Å². The van der Waals surface area contributed by atoms with Gasteiger partial charge in [0.2, 0.25) is 5.95 Å². The van der Waals surface area contributed by atoms with E-state index in [2.05, 4.69) is 20.2 Å². The van der Waals surface area contributed by atoms with Crippen LogP contribution in [0, 0.1) is 0 Å². The maximum atomic E-state index is 12.8. The summed E-state index contributed by atoms with van der Waals surface area (Å²) >= 11 is 0. The minimum Gasteiger partial charge on any atom is -0.368 e. The van der Waals surface area contributed by atoms with Crippen molar-refractivity contribution in [1.82, 2.24) is 20.3 Å². The Kier molecular flexibility index (Phi) is 5.16. The van der Waals surface area contributed by atoms with Gasteiger partial charge in [0.15, 0.2) is 0 Å². The van der Waals surface area contributed by atoms with Crippen LogP contribution >= 0.6 is 0 Å². The van der Waals surface area contributed by atoms with Crippen molar-refractivity contribution in [3.05, 3.63) is 60.0 Å². The third kappa shape index (κ3) is 3.80. The van der Waals surface area contributed by atoms with Crippen LogP contribution in [0.3, 0.4) is 0 Å². The van der Waals surface area contributed by atoms with E-state index < -0.39 is 0 Å². The molecule has 1 unspecified atom stereocenters. The summed E-state index contributed by atoms with van der Waals surface area (Å²) in [5, 5.41) is 3.81. The molecule has 1 amide bonds. The number of hydrogen-bond donors (Lipinski definition) is 1. The molecule has 1 aliphatic rings. The second-order valence-corrected chi connectivity index (χ2v) is 7.09. The fraction of sp³-hybridized carbons (Fsp3) is 0.333. The van der Waals surface area contributed by atoms with Gasteiger partial charge in [0.1, 0.15) is 6.10 Å². The molecule has 2 aromatic heterocycles. The van der Waals surface area contributed by atoms with E-state index in [1.165, 1.54) is 0 Å². The van der Waals surface area contributed by atoms with E-state index in [1.807, 2.05) is 44.2 Å². The van der Waals surface area contributed by atoms with Crippen LogP contribution in [0.5, 0.6) is 0 Å². The fourth-order valence-electron chi connectivity index (χ4n) is 3.35. The molecule has 4 rings (SSSR count). The smallest absolute Gasteiger partial charge is 0.252 e. The Morgan fingerprint density at radius 1 is 1.21 bits per heavy atom. The fourth-order valence-corrected chi connectivity index (χ4v) is 3.35. The highest BCUT2D eigenvalue weighted by Gasteiger charge is 2.26. The number of amides is 1. The van der Waals surface area contributed by atoms with Gasteiger partial charge in [-0.2, -0.15) is 0 Å². The Balaban J connectivity index is 1.69. The monoisotopic (exact) mass is 377 g/mol. The first-order valence-corrected chi connectivity index (χ1v) is 9.46. The normalized spacial score (nSPS) is 17.1. The van der Waals surface area contributed by atoms with Crippen molar-refractivity contribution >= 4 is 22.8 Å². The number of pyridine rings is 1. The summed E-state index contributed by atoms with van der Waals surface area (Å²) in [5.74, 6) is 0.572. The van der Waals surface area contributed by atoms with E-state index in [0.717, 1.165) is 23.1 Å². The number of fused-ring (bicyclic) bond motifs is 1. The number of carbonyl (C=O) groups excluding carboxylic acids is 1. The molecule has 0 radical (unpaired) electrons. The van der Waals surface area contributed by atoms with E-state index in [-0.39, 0.29) is 18.1 Å². The summed E-state index contributed by atoms with van der Waals surface area (Å²) in [6.45, 7) is 5.74. The lowest BCUT2D eigenvalue weighted by Gasteiger charge is -2.32. The van der Waals surface area contributed by atoms with Crippen molar-refractivity contribution in [3.63, 3.8) is 0 Å². The second kappa shape index (κ2) is 7.90. The highest BCUT2D eigenvalue weighted by atomic mass is 16.5. The number of anilines is 1. The largest absolute Gasteiger partial charge is 0.368 e. The topological polar surface area (TPSA) is 80.2 Å². The molecule has 0 saturated carbocycles. The van der Waals surface area contributed by atoms with E-state index in [0.29, 0.717) is 24.7 Å². The first-order chi connectivity index (χ1) is 13.6. The highest BCUT2D eigenvalue weighted by Crippen LogP contribution is 2.27. The van der Waals surface area contributed by atoms with Gasteiger partial charge < -0.3 is 15.0 Å². The van der Waals surface area contributed by atoms with Gasteiger partial charge >= 0.3 is 0 Å². The van der Waals surface area contributed by atoms with Crippen LogP contribution in [0.15, 0.2) is 48.8 Å². The van der Waals surface area contributed by atoms with Crippen molar-refractivity contribution in [2.24, 2.45) is 0 Å². The molecule has 1 saturated heterocycles. The van der Waals surface area contributed by atoms with Gasteiger partial charge in [-0.25, -0.2) is 15.0 Å². The molecule has 0 spiro atoms. The third-order valence-electron chi connectivity index (χ3n) is 4.63. The molecule has 3 aromatic rings. The summed E-state index contributed by atoms with van der Waals surface area (Å²) in [5.41, 5.74) is 2.14. The Labute approximate surface area is 163 Å². The van der Waals surface area contributed by atoms with Crippen molar-refractivity contribution in [3.8, 4) is 0 Å². The summed E-state index contributed by atoms with van der Waals surface area (Å²) in [6, 6.07) is 11.4. The summed E-state index contributed by atoms with van der Waals surface area (Å²) < 4.78 is 5.99. The molecule has 7 nitrogen and oxygen atoms in total. The van der Waals surface area contributed by atoms with E-state index in [4.69, 9.17) is 9.72 Å². The van der Waals surface area contributed by atoms with Crippen LogP contribution in [-0.4, -0.2) is 46.6 Å². The van der Waals surface area contributed by atoms with E-state index in [1.54, 1.807) is 18.5 Å². The number of para-hydroxylation sites is 1. The van der Waals surface area contributed by atoms with Gasteiger partial charge in [-0.15, -0.1) is 0 Å². The van der Waals surface area contributed by atoms with Gasteiger partial charge in [-0.3, -0.25) is 4.79 Å². The number of rotatable bonds is 4. The number of aromatic nitrogens is 3. The minimum absolute atomic E-state index is 0.0551. The molecule has 1 fully saturated rings. The lowest BCUT2D eigenvalue weighted by Crippen LogP contribution is -2.39. The lowest BCUT2D eigenvalue weighted by atomic mass is 10.0. The summed E-state index contributed by atoms with van der Waals surface area (Å²) in [7, 11) is 0. The minimum atomic E-state index is -0.257. The quantitative estimate of drug-likeness (QED) is 0.753. The molecule has 0 aliphatic carbocycles. The van der Waals surface area contributed by atoms with Crippen LogP contribution in [-0.2, 0) is 4.74 Å². The average Bonchev–Trinajstić information content (AvgIpc) is 2.73. The van der Waals surface area contributed by atoms with E-state index >= 15 is 0 Å². The molecule has 144 valence electrons. The maximum Gasteiger partial charge on any atom is 0.252 e. The molecule has 3 heterocycles. The molecule has 7 heteroatoms. The second-order valence-electron chi connectivity index (χ2n) is 7.09. The Morgan fingerprint density at radius 3 is 2.79 bits per heavy atom. The van der Waals surface area contributed by atoms with Gasteiger partial charge in [0.25, 0.3) is 5.91 Å². The molecule has 1 aromatic carbocycles. The van der Waals surface area contributed by atoms with Gasteiger partial charge in [0, 0.05) is 30.4 Å². The number of nitrogens with one attached hydrogen (secondary N) is 1. The molecule has 1 atom stereocenters. The number of morpholine rings is 1. The predicted molar refractivity (Wildman–Crippen MR) is 107 cm³/mol. The molecule has 1 N–H and O–H groups in total. The zero-order valence-corrected chi connectivity index (χ0v) is 16.0. The number of ether oxygens (including phenoxy) is 1. The van der Waals surface area contributed by atoms with Crippen LogP contribution in [0.2, 0.25) is 0 Å². The van der Waals surface area contributed by atoms with Crippen LogP contribution in [0.25, 0.3) is 10.9 Å². The highest BCUT2D eigenvalue weighted by molar-refractivity contribution is 6.06. The number of hydrogen-bond acceptors (Lipinski definition) is 6. The first-order valence-electron chi connectivity index (χ1n) is 9.46. The van der Waals surface area contributed by atoms with Gasteiger partial charge in [0.05, 0.1) is 29.9 Å². The SMILES string of the molecule is CC(C)NC(=O)c1cc(C2CN(c3ncccn3)CCO2)nc2ccccc12. The van der Waals surface area contributed by atoms with Gasteiger partial charge in [-0.1, -0.05) is 18.2 Å². The Morgan fingerprint density at radius 2 is 2.00 bits per heavy atom. The first kappa shape index (κ1) is 18.3. The molecule has 28 heavy (non-hydrogen) atoms. The molecular weight excluding hydrogens is 354 g/mol. The number of carbonyl (C=O) groups is 1. The predicted octanol–water partition coefficient (Wildman–Crippen LogP) is 2.74. The number of benzene rings is 1. The lowest BCUT2D eigenvalue weighted by molar-refractivity contribution is 0.0366. The zero-order chi connectivity index (χ0) is 19.5. The summed E-state index contributed by atoms with van der Waals surface area (Å²) in [4.78, 5) is 28.3. The molecule has 0 bridgehead atoms. The van der Waals surface area contributed by atoms with Crippen LogP contribution < -0.4 is 10.2 Å². The number of nitrogens with zero attached hydrogens (tertiary/aromatic N) is 4. The van der Waals surface area contributed by atoms with Gasteiger partial charge in [-0.05, 0) is 32.0 Å². The van der Waals surface area contributed by atoms with Crippen molar-refractivity contribution in [1.29, 1.82) is 0 Å². The van der Waals surface area contributed by atoms with E-state index in [9.17, 15) is 4.79 Å². The van der Waals surface area contributed by atoms with Crippen LogP contribution in [0.4, 0.5) is 5.95 Å². The Bertz CT molecular complexity index is 977. The van der Waals surface area contributed by atoms with Crippen molar-refractivity contribution in [2.75, 3.05) is 24.6 Å². The summed E-state index contributed by atoms with van der Waals surface area (Å²) in [6.07, 6.45) is 3.21. The molecular formula is C21H23N5O2. The maximum absolute atomic E-state index is 12.8. The van der Waals surface area contributed by atoms with Crippen molar-refractivity contribution in [2.45, 2.75) is 26.0 Å². The van der Waals surface area contributed by atoms with Crippen LogP contribution in [0.1, 0.15) is 36.0 Å². The standard InChI is InChI=1S/C21H23N5O2/c1-14(2)24-20(27)16-12-18(25-17-7-4-3-6-15(16)17)19-13-26(10-11-28-19)21-22-8-5-9-23-21/h3-9,12,14,19H,10-11,13H2,1-2H3,(H,24,27). The third-order valence-corrected chi connectivity index (χ3v) is 4.63. The average molecular weight is 377 g/mol. The Hall–Kier alpha value is -3.06. The molecule has 1 aliphatic heterocycles. The zero-order valence-electron chi connectivity index (χ0n) is 16.0.